The summed E-state index contributed by atoms with van der Waals surface area (Å²) >= 11 is 0. The van der Waals surface area contributed by atoms with Crippen molar-refractivity contribution in [3.63, 3.8) is 0 Å². The molecule has 1 aromatic carbocycles. The first kappa shape index (κ1) is 26.6. The van der Waals surface area contributed by atoms with Gasteiger partial charge in [0.25, 0.3) is 0 Å². The van der Waals surface area contributed by atoms with Crippen molar-refractivity contribution < 1.29 is 33.4 Å². The molecule has 1 rings (SSSR count). The third kappa shape index (κ3) is 9.15. The first-order chi connectivity index (χ1) is 15.0. The topological polar surface area (TPSA) is 140 Å². The molecule has 10 nitrogen and oxygen atoms in total. The molecule has 0 aromatic heterocycles. The van der Waals surface area contributed by atoms with E-state index in [1.165, 1.54) is 21.0 Å². The van der Waals surface area contributed by atoms with Crippen molar-refractivity contribution in [2.75, 3.05) is 7.11 Å². The van der Waals surface area contributed by atoms with E-state index in [2.05, 4.69) is 20.7 Å². The van der Waals surface area contributed by atoms with Gasteiger partial charge in [-0.05, 0) is 25.3 Å². The minimum atomic E-state index is -1.07. The molecule has 0 spiro atoms. The molecule has 3 N–H and O–H groups in total. The molecule has 0 aliphatic heterocycles. The summed E-state index contributed by atoms with van der Waals surface area (Å²) in [5.41, 5.74) is 0.797. The number of esters is 1. The number of hydrogen-bond acceptors (Lipinski definition) is 7. The largest absolute Gasteiger partial charge is 0.469 e. The van der Waals surface area contributed by atoms with Crippen LogP contribution in [0.4, 0.5) is 4.79 Å². The van der Waals surface area contributed by atoms with Gasteiger partial charge in [0.2, 0.25) is 11.8 Å². The highest BCUT2D eigenvalue weighted by atomic mass is 16.5. The maximum atomic E-state index is 12.7. The van der Waals surface area contributed by atoms with Gasteiger partial charge in [0.05, 0.1) is 19.6 Å². The van der Waals surface area contributed by atoms with Crippen molar-refractivity contribution in [1.29, 1.82) is 0 Å². The van der Waals surface area contributed by atoms with Crippen LogP contribution in [0.2, 0.25) is 0 Å². The highest BCUT2D eigenvalue weighted by Crippen LogP contribution is 2.06. The number of amides is 3. The second kappa shape index (κ2) is 13.1. The summed E-state index contributed by atoms with van der Waals surface area (Å²) in [5, 5.41) is 7.42. The van der Waals surface area contributed by atoms with Gasteiger partial charge in [0.15, 0.2) is 5.78 Å². The van der Waals surface area contributed by atoms with E-state index in [1.54, 1.807) is 26.0 Å². The highest BCUT2D eigenvalue weighted by molar-refractivity contribution is 5.94. The lowest BCUT2D eigenvalue weighted by Gasteiger charge is -2.24. The van der Waals surface area contributed by atoms with Crippen molar-refractivity contribution >= 4 is 29.7 Å². The van der Waals surface area contributed by atoms with Crippen LogP contribution in [0, 0.1) is 5.92 Å². The van der Waals surface area contributed by atoms with E-state index < -0.39 is 47.8 Å². The molecule has 176 valence electrons. The van der Waals surface area contributed by atoms with E-state index in [0.29, 0.717) is 0 Å². The zero-order valence-corrected chi connectivity index (χ0v) is 19.0. The molecule has 0 saturated heterocycles. The molecule has 0 bridgehead atoms. The van der Waals surface area contributed by atoms with Gasteiger partial charge in [-0.25, -0.2) is 4.79 Å². The van der Waals surface area contributed by atoms with Crippen molar-refractivity contribution in [2.24, 2.45) is 5.92 Å². The molecule has 0 aliphatic carbocycles. The second-order valence-corrected chi connectivity index (χ2v) is 7.61. The fourth-order valence-corrected chi connectivity index (χ4v) is 2.64. The Morgan fingerprint density at radius 1 is 0.906 bits per heavy atom. The minimum Gasteiger partial charge on any atom is -0.469 e. The summed E-state index contributed by atoms with van der Waals surface area (Å²) in [7, 11) is 1.17. The molecule has 0 heterocycles. The van der Waals surface area contributed by atoms with Gasteiger partial charge in [-0.3, -0.25) is 19.2 Å². The quantitative estimate of drug-likeness (QED) is 0.430. The summed E-state index contributed by atoms with van der Waals surface area (Å²) in [6, 6.07) is 6.03. The number of methoxy groups -OCH3 is 1. The van der Waals surface area contributed by atoms with Crippen LogP contribution in [0.5, 0.6) is 0 Å². The molecule has 10 heteroatoms. The van der Waals surface area contributed by atoms with Gasteiger partial charge < -0.3 is 25.4 Å². The van der Waals surface area contributed by atoms with Gasteiger partial charge in [-0.15, -0.1) is 0 Å². The van der Waals surface area contributed by atoms with E-state index in [9.17, 15) is 24.0 Å². The van der Waals surface area contributed by atoms with Gasteiger partial charge >= 0.3 is 12.1 Å². The molecule has 3 amide bonds. The Kier molecular flexibility index (Phi) is 10.9. The molecule has 0 fully saturated rings. The average molecular weight is 450 g/mol. The summed E-state index contributed by atoms with van der Waals surface area (Å²) in [5.74, 6) is -2.62. The Hall–Kier alpha value is -3.43. The molecular weight excluding hydrogens is 418 g/mol. The van der Waals surface area contributed by atoms with Crippen LogP contribution in [0.1, 0.15) is 39.7 Å². The molecule has 3 atom stereocenters. The number of benzene rings is 1. The number of nitrogens with one attached hydrogen (secondary N) is 3. The van der Waals surface area contributed by atoms with Crippen molar-refractivity contribution in [2.45, 2.75) is 58.8 Å². The molecule has 0 unspecified atom stereocenters. The number of alkyl carbamates (subject to hydrolysis) is 1. The van der Waals surface area contributed by atoms with Gasteiger partial charge in [0.1, 0.15) is 18.7 Å². The molecule has 0 aliphatic rings. The molecule has 32 heavy (non-hydrogen) atoms. The van der Waals surface area contributed by atoms with E-state index >= 15 is 0 Å². The van der Waals surface area contributed by atoms with Crippen LogP contribution in [-0.2, 0) is 35.3 Å². The number of ether oxygens (including phenoxy) is 2. The monoisotopic (exact) mass is 449 g/mol. The maximum absolute atomic E-state index is 12.7. The van der Waals surface area contributed by atoms with E-state index in [1.807, 2.05) is 18.2 Å². The van der Waals surface area contributed by atoms with Crippen LogP contribution in [-0.4, -0.2) is 54.9 Å². The fraction of sp³-hybridized carbons (Fsp3) is 0.500. The zero-order valence-electron chi connectivity index (χ0n) is 19.0. The highest BCUT2D eigenvalue weighted by Gasteiger charge is 2.29. The Morgan fingerprint density at radius 3 is 2.06 bits per heavy atom. The van der Waals surface area contributed by atoms with Crippen LogP contribution in [0.15, 0.2) is 30.3 Å². The summed E-state index contributed by atoms with van der Waals surface area (Å²) < 4.78 is 9.66. The standard InChI is InChI=1S/C22H31N3O7/c1-13(2)19(25-22(30)32-12-16-9-7-6-8-10-16)21(29)23-14(3)20(28)24-17(15(4)26)11-18(27)31-5/h6-10,13-14,17,19H,11-12H2,1-5H3,(H,23,29)(H,24,28)(H,25,30)/t14-,17-,19-/m0/s1. The summed E-state index contributed by atoms with van der Waals surface area (Å²) in [6.45, 7) is 6.17. The predicted octanol–water partition coefficient (Wildman–Crippen LogP) is 1.08. The van der Waals surface area contributed by atoms with Crippen LogP contribution >= 0.6 is 0 Å². The third-order valence-electron chi connectivity index (χ3n) is 4.59. The lowest BCUT2D eigenvalue weighted by Crippen LogP contribution is -2.56. The van der Waals surface area contributed by atoms with Crippen molar-refractivity contribution in [3.05, 3.63) is 35.9 Å². The minimum absolute atomic E-state index is 0.0462. The second-order valence-electron chi connectivity index (χ2n) is 7.61. The SMILES string of the molecule is COC(=O)C[C@H](NC(=O)[C@H](C)NC(=O)[C@@H](NC(=O)OCc1ccccc1)C(C)C)C(C)=O. The lowest BCUT2D eigenvalue weighted by atomic mass is 10.0. The Morgan fingerprint density at radius 2 is 1.53 bits per heavy atom. The Labute approximate surface area is 187 Å². The normalized spacial score (nSPS) is 13.3. The maximum Gasteiger partial charge on any atom is 0.408 e. The number of carbonyl (C=O) groups excluding carboxylic acids is 5. The molecule has 1 aromatic rings. The smallest absolute Gasteiger partial charge is 0.408 e. The Balaban J connectivity index is 2.65. The average Bonchev–Trinajstić information content (AvgIpc) is 2.75. The third-order valence-corrected chi connectivity index (χ3v) is 4.59. The Bertz CT molecular complexity index is 811. The summed E-state index contributed by atoms with van der Waals surface area (Å²) in [6.07, 6.45) is -1.09. The summed E-state index contributed by atoms with van der Waals surface area (Å²) in [4.78, 5) is 60.3. The molecule has 0 saturated carbocycles. The molecular formula is C22H31N3O7. The van der Waals surface area contributed by atoms with Gasteiger partial charge in [0, 0.05) is 0 Å². The van der Waals surface area contributed by atoms with Gasteiger partial charge in [-0.2, -0.15) is 0 Å². The van der Waals surface area contributed by atoms with Crippen LogP contribution in [0.3, 0.4) is 0 Å². The number of Topliss-reactive ketones (excluding diaryl/α,β-unsaturated/α-hetero) is 1. The van der Waals surface area contributed by atoms with E-state index in [-0.39, 0.29) is 18.9 Å². The van der Waals surface area contributed by atoms with Gasteiger partial charge in [-0.1, -0.05) is 44.2 Å². The van der Waals surface area contributed by atoms with Crippen LogP contribution in [0.25, 0.3) is 0 Å². The number of ketones is 1. The van der Waals surface area contributed by atoms with E-state index in [4.69, 9.17) is 4.74 Å². The lowest BCUT2D eigenvalue weighted by molar-refractivity contribution is -0.143. The molecule has 0 radical (unpaired) electrons. The first-order valence-corrected chi connectivity index (χ1v) is 10.2. The van der Waals surface area contributed by atoms with E-state index in [0.717, 1.165) is 5.56 Å². The van der Waals surface area contributed by atoms with Crippen molar-refractivity contribution in [3.8, 4) is 0 Å². The van der Waals surface area contributed by atoms with Crippen molar-refractivity contribution in [1.82, 2.24) is 16.0 Å². The predicted molar refractivity (Wildman–Crippen MR) is 115 cm³/mol. The zero-order chi connectivity index (χ0) is 24.3. The number of carbonyl (C=O) groups is 5. The van der Waals surface area contributed by atoms with Crippen LogP contribution < -0.4 is 16.0 Å². The number of rotatable bonds is 11. The first-order valence-electron chi connectivity index (χ1n) is 10.2. The fourth-order valence-electron chi connectivity index (χ4n) is 2.64. The number of hydrogen-bond donors (Lipinski definition) is 3.